The molecule has 0 saturated carbocycles. The van der Waals surface area contributed by atoms with Gasteiger partial charge in [0.25, 0.3) is 6.43 Å². The molecule has 0 aliphatic rings. The fourth-order valence-corrected chi connectivity index (χ4v) is 1.82. The largest absolute Gasteiger partial charge is 0.420 e. The van der Waals surface area contributed by atoms with Crippen molar-refractivity contribution in [1.29, 1.82) is 0 Å². The molecule has 16 heavy (non-hydrogen) atoms. The molecule has 0 spiro atoms. The van der Waals surface area contributed by atoms with Gasteiger partial charge in [0.15, 0.2) is 5.58 Å². The molecule has 1 aromatic heterocycles. The lowest BCUT2D eigenvalue weighted by Gasteiger charge is -2.00. The second-order valence-electron chi connectivity index (χ2n) is 3.10. The molecule has 3 nitrogen and oxygen atoms in total. The van der Waals surface area contributed by atoms with E-state index in [1.165, 1.54) is 6.07 Å². The first-order chi connectivity index (χ1) is 7.49. The maximum Gasteiger partial charge on any atom is 0.420 e. The van der Waals surface area contributed by atoms with Crippen molar-refractivity contribution < 1.29 is 17.6 Å². The van der Waals surface area contributed by atoms with Crippen molar-refractivity contribution in [2.75, 3.05) is 0 Å². The molecule has 86 valence electrons. The van der Waals surface area contributed by atoms with Crippen LogP contribution < -0.4 is 5.76 Å². The summed E-state index contributed by atoms with van der Waals surface area (Å²) < 4.78 is 43.2. The lowest BCUT2D eigenvalue weighted by Crippen LogP contribution is -2.18. The third kappa shape index (κ3) is 1.95. The van der Waals surface area contributed by atoms with Crippen molar-refractivity contribution in [3.63, 3.8) is 0 Å². The molecule has 0 amide bonds. The van der Waals surface area contributed by atoms with Crippen LogP contribution in [0.2, 0.25) is 0 Å². The topological polar surface area (TPSA) is 35.1 Å². The molecule has 7 heteroatoms. The number of hydrogen-bond donors (Lipinski definition) is 0. The number of oxazole rings is 1. The molecule has 0 aliphatic heterocycles. The van der Waals surface area contributed by atoms with Crippen molar-refractivity contribution in [3.05, 3.63) is 32.1 Å². The average molecular weight is 343 g/mol. The molecule has 2 rings (SSSR count). The highest BCUT2D eigenvalue weighted by Crippen LogP contribution is 2.20. The van der Waals surface area contributed by atoms with Crippen LogP contribution in [-0.2, 0) is 6.54 Å². The number of hydrogen-bond acceptors (Lipinski definition) is 2. The van der Waals surface area contributed by atoms with E-state index in [0.29, 0.717) is 0 Å². The zero-order valence-electron chi connectivity index (χ0n) is 7.71. The number of nitrogens with zero attached hydrogens (tertiary/aromatic N) is 1. The van der Waals surface area contributed by atoms with Gasteiger partial charge in [0.2, 0.25) is 0 Å². The summed E-state index contributed by atoms with van der Waals surface area (Å²) in [5, 5.41) is 0. The first-order valence-electron chi connectivity index (χ1n) is 4.25. The minimum atomic E-state index is -2.67. The first kappa shape index (κ1) is 11.5. The number of aromatic nitrogens is 1. The highest BCUT2D eigenvalue weighted by atomic mass is 127. The van der Waals surface area contributed by atoms with E-state index in [0.717, 1.165) is 10.6 Å². The van der Waals surface area contributed by atoms with E-state index in [2.05, 4.69) is 4.42 Å². The highest BCUT2D eigenvalue weighted by molar-refractivity contribution is 14.1. The molecule has 0 radical (unpaired) electrons. The lowest BCUT2D eigenvalue weighted by atomic mass is 10.3. The van der Waals surface area contributed by atoms with Crippen molar-refractivity contribution in [1.82, 2.24) is 4.57 Å². The maximum atomic E-state index is 13.1. The summed E-state index contributed by atoms with van der Waals surface area (Å²) >= 11 is 1.71. The van der Waals surface area contributed by atoms with Crippen molar-refractivity contribution in [2.24, 2.45) is 0 Å². The van der Waals surface area contributed by atoms with Crippen LogP contribution in [0.15, 0.2) is 21.3 Å². The van der Waals surface area contributed by atoms with Gasteiger partial charge < -0.3 is 4.42 Å². The molecular weight excluding hydrogens is 338 g/mol. The molecule has 0 fully saturated rings. The van der Waals surface area contributed by atoms with Gasteiger partial charge in [-0.05, 0) is 28.7 Å². The standard InChI is InChI=1S/C9H5F3INO2/c10-4-1-7-6(2-5(4)13)14(3-8(11)12)9(15)16-7/h1-2,8H,3H2. The first-order valence-corrected chi connectivity index (χ1v) is 5.33. The zero-order chi connectivity index (χ0) is 11.9. The van der Waals surface area contributed by atoms with Crippen molar-refractivity contribution in [3.8, 4) is 0 Å². The van der Waals surface area contributed by atoms with Gasteiger partial charge in [0.1, 0.15) is 5.82 Å². The van der Waals surface area contributed by atoms with E-state index < -0.39 is 24.5 Å². The number of rotatable bonds is 2. The second kappa shape index (κ2) is 4.11. The molecule has 0 aliphatic carbocycles. The Morgan fingerprint density at radius 3 is 2.75 bits per heavy atom. The van der Waals surface area contributed by atoms with Crippen LogP contribution in [0.3, 0.4) is 0 Å². The Kier molecular flexibility index (Phi) is 2.96. The molecule has 0 unspecified atom stereocenters. The van der Waals surface area contributed by atoms with Gasteiger partial charge in [-0.2, -0.15) is 0 Å². The summed E-state index contributed by atoms with van der Waals surface area (Å²) in [6.45, 7) is -0.756. The van der Waals surface area contributed by atoms with Gasteiger partial charge in [-0.3, -0.25) is 4.57 Å². The highest BCUT2D eigenvalue weighted by Gasteiger charge is 2.15. The third-order valence-electron chi connectivity index (χ3n) is 2.03. The van der Waals surface area contributed by atoms with E-state index in [4.69, 9.17) is 0 Å². The molecule has 0 atom stereocenters. The van der Waals surface area contributed by atoms with Crippen LogP contribution in [-0.4, -0.2) is 11.0 Å². The Morgan fingerprint density at radius 1 is 1.44 bits per heavy atom. The summed E-state index contributed by atoms with van der Waals surface area (Å²) in [6.07, 6.45) is -2.67. The van der Waals surface area contributed by atoms with Crippen LogP contribution in [0.4, 0.5) is 13.2 Å². The Hall–Kier alpha value is -0.990. The van der Waals surface area contributed by atoms with E-state index >= 15 is 0 Å². The summed E-state index contributed by atoms with van der Waals surface area (Å²) in [5.41, 5.74) is 0.152. The summed E-state index contributed by atoms with van der Waals surface area (Å²) in [5.74, 6) is -1.46. The van der Waals surface area contributed by atoms with Crippen LogP contribution in [0, 0.1) is 9.39 Å². The minimum absolute atomic E-state index is 0.0245. The van der Waals surface area contributed by atoms with Crippen LogP contribution in [0.25, 0.3) is 11.1 Å². The molecule has 0 N–H and O–H groups in total. The van der Waals surface area contributed by atoms with E-state index in [-0.39, 0.29) is 14.7 Å². The Morgan fingerprint density at radius 2 is 2.12 bits per heavy atom. The summed E-state index contributed by atoms with van der Waals surface area (Å²) in [4.78, 5) is 11.2. The van der Waals surface area contributed by atoms with E-state index in [9.17, 15) is 18.0 Å². The van der Waals surface area contributed by atoms with Crippen LogP contribution in [0.1, 0.15) is 0 Å². The van der Waals surface area contributed by atoms with Gasteiger partial charge in [0.05, 0.1) is 15.6 Å². The smallest absolute Gasteiger partial charge is 0.408 e. The maximum absolute atomic E-state index is 13.1. The molecule has 2 aromatic rings. The zero-order valence-corrected chi connectivity index (χ0v) is 9.87. The minimum Gasteiger partial charge on any atom is -0.408 e. The monoisotopic (exact) mass is 343 g/mol. The Labute approximate surface area is 101 Å². The number of fused-ring (bicyclic) bond motifs is 1. The number of alkyl halides is 2. The predicted molar refractivity (Wildman–Crippen MR) is 59.2 cm³/mol. The Bertz CT molecular complexity index is 590. The van der Waals surface area contributed by atoms with E-state index in [1.807, 2.05) is 0 Å². The van der Waals surface area contributed by atoms with Gasteiger partial charge in [0, 0.05) is 6.07 Å². The quantitative estimate of drug-likeness (QED) is 0.786. The van der Waals surface area contributed by atoms with Gasteiger partial charge in [-0.15, -0.1) is 0 Å². The summed E-state index contributed by atoms with van der Waals surface area (Å²) in [6, 6.07) is 2.32. The fourth-order valence-electron chi connectivity index (χ4n) is 1.37. The average Bonchev–Trinajstić information content (AvgIpc) is 2.45. The molecule has 1 heterocycles. The lowest BCUT2D eigenvalue weighted by molar-refractivity contribution is 0.125. The van der Waals surface area contributed by atoms with Gasteiger partial charge in [-0.1, -0.05) is 0 Å². The number of benzene rings is 1. The van der Waals surface area contributed by atoms with Crippen LogP contribution in [0.5, 0.6) is 0 Å². The number of halogens is 4. The van der Waals surface area contributed by atoms with Crippen molar-refractivity contribution in [2.45, 2.75) is 13.0 Å². The fraction of sp³-hybridized carbons (Fsp3) is 0.222. The normalized spacial score (nSPS) is 11.6. The molecule has 1 aromatic carbocycles. The molecular formula is C9H5F3INO2. The van der Waals surface area contributed by atoms with E-state index in [1.54, 1.807) is 22.6 Å². The van der Waals surface area contributed by atoms with Gasteiger partial charge in [-0.25, -0.2) is 18.0 Å². The van der Waals surface area contributed by atoms with Gasteiger partial charge >= 0.3 is 5.76 Å². The predicted octanol–water partition coefficient (Wildman–Crippen LogP) is 2.60. The SMILES string of the molecule is O=c1oc2cc(F)c(I)cc2n1CC(F)F. The summed E-state index contributed by atoms with van der Waals surface area (Å²) in [7, 11) is 0. The molecule has 0 saturated heterocycles. The Balaban J connectivity index is 2.69. The third-order valence-corrected chi connectivity index (χ3v) is 2.86. The molecule has 0 bridgehead atoms. The second-order valence-corrected chi connectivity index (χ2v) is 4.27. The van der Waals surface area contributed by atoms with Crippen molar-refractivity contribution >= 4 is 33.7 Å². The van der Waals surface area contributed by atoms with Crippen LogP contribution >= 0.6 is 22.6 Å².